The molecule has 1 heterocycles. The van der Waals surface area contributed by atoms with Crippen molar-refractivity contribution in [2.75, 3.05) is 14.1 Å². The Kier molecular flexibility index (Phi) is 1.83. The van der Waals surface area contributed by atoms with Crippen molar-refractivity contribution in [2.45, 2.75) is 31.5 Å². The molecule has 1 amide bonds. The number of rotatable bonds is 1. The zero-order chi connectivity index (χ0) is 8.72. The lowest BCUT2D eigenvalue weighted by atomic mass is 9.88. The number of hydrogen-bond donors (Lipinski definition) is 0. The van der Waals surface area contributed by atoms with Crippen LogP contribution in [0.4, 0.5) is 0 Å². The lowest BCUT2D eigenvalue weighted by Crippen LogP contribution is -2.32. The molecule has 1 aliphatic carbocycles. The fourth-order valence-electron chi connectivity index (χ4n) is 1.99. The van der Waals surface area contributed by atoms with E-state index in [0.29, 0.717) is 12.2 Å². The number of hydrogen-bond acceptors (Lipinski definition) is 2. The highest BCUT2D eigenvalue weighted by atomic mass is 16.6. The Balaban J connectivity index is 1.91. The molecule has 1 saturated heterocycles. The number of fused-ring (bicyclic) bond motifs is 1. The molecule has 0 spiro atoms. The lowest BCUT2D eigenvalue weighted by molar-refractivity contribution is -0.133. The van der Waals surface area contributed by atoms with Gasteiger partial charge in [0.2, 0.25) is 5.91 Å². The van der Waals surface area contributed by atoms with E-state index in [1.54, 1.807) is 4.90 Å². The number of carbonyl (C=O) groups is 1. The van der Waals surface area contributed by atoms with Crippen LogP contribution in [0.5, 0.6) is 0 Å². The summed E-state index contributed by atoms with van der Waals surface area (Å²) in [7, 11) is 3.64. The van der Waals surface area contributed by atoms with Gasteiger partial charge in [0, 0.05) is 20.0 Å². The number of ether oxygens (including phenoxy) is 1. The van der Waals surface area contributed by atoms with Gasteiger partial charge in [-0.3, -0.25) is 4.79 Å². The first kappa shape index (κ1) is 8.05. The molecule has 2 rings (SSSR count). The maximum Gasteiger partial charge on any atom is 0.225 e. The summed E-state index contributed by atoms with van der Waals surface area (Å²) >= 11 is 0. The third kappa shape index (κ3) is 1.33. The molecule has 3 nitrogen and oxygen atoms in total. The van der Waals surface area contributed by atoms with E-state index in [0.717, 1.165) is 19.3 Å². The van der Waals surface area contributed by atoms with Crippen molar-refractivity contribution in [1.29, 1.82) is 0 Å². The van der Waals surface area contributed by atoms with E-state index in [-0.39, 0.29) is 11.8 Å². The van der Waals surface area contributed by atoms with Gasteiger partial charge >= 0.3 is 0 Å². The second-order valence-corrected chi connectivity index (χ2v) is 3.96. The third-order valence-corrected chi connectivity index (χ3v) is 2.79. The Hall–Kier alpha value is -0.570. The molecule has 1 aliphatic heterocycles. The summed E-state index contributed by atoms with van der Waals surface area (Å²) in [6.45, 7) is 0. The van der Waals surface area contributed by atoms with Crippen molar-refractivity contribution in [3.8, 4) is 0 Å². The van der Waals surface area contributed by atoms with Crippen LogP contribution in [0.3, 0.4) is 0 Å². The molecule has 0 N–H and O–H groups in total. The molecule has 2 fully saturated rings. The summed E-state index contributed by atoms with van der Waals surface area (Å²) in [6.07, 6.45) is 3.94. The van der Waals surface area contributed by atoms with Gasteiger partial charge in [-0.15, -0.1) is 0 Å². The predicted molar refractivity (Wildman–Crippen MR) is 44.7 cm³/mol. The highest BCUT2D eigenvalue weighted by Gasteiger charge is 2.45. The molecule has 2 unspecified atom stereocenters. The van der Waals surface area contributed by atoms with Crippen molar-refractivity contribution in [1.82, 2.24) is 4.90 Å². The zero-order valence-electron chi connectivity index (χ0n) is 7.62. The second kappa shape index (κ2) is 2.73. The van der Waals surface area contributed by atoms with Crippen LogP contribution in [0.15, 0.2) is 0 Å². The summed E-state index contributed by atoms with van der Waals surface area (Å²) in [6, 6.07) is 0. The minimum Gasteiger partial charge on any atom is -0.370 e. The molecule has 2 aliphatic rings. The van der Waals surface area contributed by atoms with Gasteiger partial charge in [0.1, 0.15) is 0 Å². The van der Waals surface area contributed by atoms with Crippen molar-refractivity contribution in [3.63, 3.8) is 0 Å². The molecule has 0 aromatic carbocycles. The molecule has 68 valence electrons. The largest absolute Gasteiger partial charge is 0.370 e. The first-order chi connectivity index (χ1) is 5.68. The third-order valence-electron chi connectivity index (χ3n) is 2.79. The maximum atomic E-state index is 11.5. The van der Waals surface area contributed by atoms with Crippen LogP contribution in [0, 0.1) is 5.92 Å². The average Bonchev–Trinajstić information content (AvgIpc) is 2.79. The summed E-state index contributed by atoms with van der Waals surface area (Å²) in [4.78, 5) is 13.2. The van der Waals surface area contributed by atoms with Gasteiger partial charge in [-0.05, 0) is 19.3 Å². The van der Waals surface area contributed by atoms with Gasteiger partial charge in [-0.25, -0.2) is 0 Å². The summed E-state index contributed by atoms with van der Waals surface area (Å²) < 4.78 is 5.37. The molecule has 3 heteroatoms. The Morgan fingerprint density at radius 1 is 1.33 bits per heavy atom. The Morgan fingerprint density at radius 3 is 2.67 bits per heavy atom. The van der Waals surface area contributed by atoms with Crippen molar-refractivity contribution in [2.24, 2.45) is 5.92 Å². The Morgan fingerprint density at radius 2 is 2.08 bits per heavy atom. The standard InChI is InChI=1S/C9H15NO2/c1-10(2)9(11)6-3-4-7-8(5-6)12-7/h6-8H,3-5H2,1-2H3/t6-,7?,8?/m0/s1. The first-order valence-corrected chi connectivity index (χ1v) is 4.55. The quantitative estimate of drug-likeness (QED) is 0.540. The Labute approximate surface area is 72.7 Å². The van der Waals surface area contributed by atoms with Gasteiger partial charge in [0.15, 0.2) is 0 Å². The maximum absolute atomic E-state index is 11.5. The molecular formula is C9H15NO2. The van der Waals surface area contributed by atoms with Gasteiger partial charge in [0.25, 0.3) is 0 Å². The fraction of sp³-hybridized carbons (Fsp3) is 0.889. The van der Waals surface area contributed by atoms with Crippen molar-refractivity contribution in [3.05, 3.63) is 0 Å². The van der Waals surface area contributed by atoms with E-state index in [1.165, 1.54) is 0 Å². The molecule has 0 radical (unpaired) electrons. The van der Waals surface area contributed by atoms with E-state index in [2.05, 4.69) is 0 Å². The molecule has 12 heavy (non-hydrogen) atoms. The van der Waals surface area contributed by atoms with Crippen LogP contribution in [0.1, 0.15) is 19.3 Å². The van der Waals surface area contributed by atoms with E-state index in [4.69, 9.17) is 4.74 Å². The van der Waals surface area contributed by atoms with Crippen LogP contribution >= 0.6 is 0 Å². The minimum absolute atomic E-state index is 0.226. The van der Waals surface area contributed by atoms with Crippen LogP contribution in [0.25, 0.3) is 0 Å². The van der Waals surface area contributed by atoms with Gasteiger partial charge in [-0.1, -0.05) is 0 Å². The van der Waals surface area contributed by atoms with Crippen LogP contribution in [0.2, 0.25) is 0 Å². The highest BCUT2D eigenvalue weighted by Crippen LogP contribution is 2.39. The molecule has 0 aromatic heterocycles. The smallest absolute Gasteiger partial charge is 0.225 e. The molecule has 0 bridgehead atoms. The SMILES string of the molecule is CN(C)C(=O)[C@H]1CCC2OC2C1. The number of amides is 1. The minimum atomic E-state index is 0.226. The molecule has 1 saturated carbocycles. The lowest BCUT2D eigenvalue weighted by Gasteiger charge is -2.21. The van der Waals surface area contributed by atoms with Crippen LogP contribution < -0.4 is 0 Å². The van der Waals surface area contributed by atoms with Crippen molar-refractivity contribution >= 4 is 5.91 Å². The van der Waals surface area contributed by atoms with Gasteiger partial charge in [0.05, 0.1) is 12.2 Å². The van der Waals surface area contributed by atoms with Gasteiger partial charge < -0.3 is 9.64 Å². The zero-order valence-corrected chi connectivity index (χ0v) is 7.62. The Bertz CT molecular complexity index is 203. The van der Waals surface area contributed by atoms with E-state index < -0.39 is 0 Å². The van der Waals surface area contributed by atoms with Crippen LogP contribution in [-0.4, -0.2) is 37.1 Å². The second-order valence-electron chi connectivity index (χ2n) is 3.96. The number of epoxide rings is 1. The van der Waals surface area contributed by atoms with Crippen molar-refractivity contribution < 1.29 is 9.53 Å². The highest BCUT2D eigenvalue weighted by molar-refractivity contribution is 5.78. The van der Waals surface area contributed by atoms with Crippen LogP contribution in [-0.2, 0) is 9.53 Å². The normalized spacial score (nSPS) is 38.7. The first-order valence-electron chi connectivity index (χ1n) is 4.55. The fourth-order valence-corrected chi connectivity index (χ4v) is 1.99. The van der Waals surface area contributed by atoms with Gasteiger partial charge in [-0.2, -0.15) is 0 Å². The monoisotopic (exact) mass is 169 g/mol. The van der Waals surface area contributed by atoms with E-state index >= 15 is 0 Å². The van der Waals surface area contributed by atoms with E-state index in [1.807, 2.05) is 14.1 Å². The molecule has 3 atom stereocenters. The van der Waals surface area contributed by atoms with E-state index in [9.17, 15) is 4.79 Å². The average molecular weight is 169 g/mol. The predicted octanol–water partition coefficient (Wildman–Crippen LogP) is 0.642. The number of carbonyl (C=O) groups excluding carboxylic acids is 1. The summed E-state index contributed by atoms with van der Waals surface area (Å²) in [5.41, 5.74) is 0. The topological polar surface area (TPSA) is 32.8 Å². The molecular weight excluding hydrogens is 154 g/mol. The number of nitrogens with zero attached hydrogens (tertiary/aromatic N) is 1. The summed E-state index contributed by atoms with van der Waals surface area (Å²) in [5, 5.41) is 0. The summed E-state index contributed by atoms with van der Waals surface area (Å²) in [5.74, 6) is 0.493. The molecule has 0 aromatic rings.